The molecule has 56 heavy (non-hydrogen) atoms. The van der Waals surface area contributed by atoms with Gasteiger partial charge in [-0.2, -0.15) is 12.1 Å². The third-order valence-corrected chi connectivity index (χ3v) is 11.7. The standard InChI is InChI=1S/2C25H29.C2H6Si.2ClH.Zr/c2*1-25(2,3)22-13-11-20(12-14-22)23-10-6-9-21-16-19(17-24(21)23)15-18-7-4-5-8-18;1-3-2;;;/h2*6,9-14,16-18H,4-5,7-8,15H2,1-3H3;1-2H3;2*1H;/q2*-1;;;;+4/p-2. The van der Waals surface area contributed by atoms with E-state index in [-0.39, 0.29) is 10.8 Å². The van der Waals surface area contributed by atoms with E-state index in [1.165, 1.54) is 130 Å². The second-order valence-electron chi connectivity index (χ2n) is 18.3. The van der Waals surface area contributed by atoms with Gasteiger partial charge < -0.3 is 0 Å². The Kier molecular flexibility index (Phi) is 17.0. The number of fused-ring (bicyclic) bond motifs is 2. The number of rotatable bonds is 6. The van der Waals surface area contributed by atoms with E-state index in [1.807, 2.05) is 0 Å². The van der Waals surface area contributed by atoms with Crippen molar-refractivity contribution >= 4 is 48.1 Å². The molecule has 6 aromatic rings. The van der Waals surface area contributed by atoms with Crippen molar-refractivity contribution in [2.24, 2.45) is 11.8 Å². The van der Waals surface area contributed by atoms with Gasteiger partial charge in [0, 0.05) is 9.52 Å². The first-order valence-electron chi connectivity index (χ1n) is 21.0. The van der Waals surface area contributed by atoms with Gasteiger partial charge in [0.2, 0.25) is 0 Å². The molecule has 0 spiro atoms. The van der Waals surface area contributed by atoms with E-state index in [1.54, 1.807) is 0 Å². The van der Waals surface area contributed by atoms with Crippen LogP contribution in [0.15, 0.2) is 109 Å². The van der Waals surface area contributed by atoms with Crippen LogP contribution in [0.5, 0.6) is 0 Å². The average Bonchev–Trinajstić information content (AvgIpc) is 4.00. The van der Waals surface area contributed by atoms with Gasteiger partial charge >= 0.3 is 37.9 Å². The Morgan fingerprint density at radius 3 is 1.18 bits per heavy atom. The first-order chi connectivity index (χ1) is 26.8. The summed E-state index contributed by atoms with van der Waals surface area (Å²) in [6.45, 7) is 17.9. The molecule has 2 fully saturated rings. The summed E-state index contributed by atoms with van der Waals surface area (Å²) in [5.74, 6) is 1.82. The topological polar surface area (TPSA) is 0 Å². The molecule has 0 bridgehead atoms. The van der Waals surface area contributed by atoms with Crippen molar-refractivity contribution in [1.29, 1.82) is 0 Å². The van der Waals surface area contributed by atoms with Crippen LogP contribution >= 0.6 is 17.0 Å². The number of hydrogen-bond donors (Lipinski definition) is 0. The Bertz CT molecular complexity index is 1910. The molecule has 0 atom stereocenters. The van der Waals surface area contributed by atoms with Gasteiger partial charge in [0.1, 0.15) is 0 Å². The summed E-state index contributed by atoms with van der Waals surface area (Å²) in [5, 5.41) is 5.62. The summed E-state index contributed by atoms with van der Waals surface area (Å²) < 4.78 is 0. The fraction of sp³-hybridized carbons (Fsp3) is 0.423. The molecule has 8 rings (SSSR count). The van der Waals surface area contributed by atoms with Crippen molar-refractivity contribution in [3.8, 4) is 22.3 Å². The van der Waals surface area contributed by atoms with Gasteiger partial charge in [-0.05, 0) is 57.8 Å². The fourth-order valence-corrected chi connectivity index (χ4v) is 8.73. The van der Waals surface area contributed by atoms with Crippen LogP contribution in [0.1, 0.15) is 115 Å². The van der Waals surface area contributed by atoms with Crippen molar-refractivity contribution in [3.05, 3.63) is 131 Å². The van der Waals surface area contributed by atoms with Crippen LogP contribution in [-0.4, -0.2) is 9.52 Å². The monoisotopic (exact) mass is 876 g/mol. The Balaban J connectivity index is 0.000000188. The van der Waals surface area contributed by atoms with Crippen LogP contribution in [0.3, 0.4) is 0 Å². The zero-order valence-electron chi connectivity index (χ0n) is 35.4. The van der Waals surface area contributed by atoms with Crippen LogP contribution in [0.4, 0.5) is 0 Å². The van der Waals surface area contributed by atoms with Crippen LogP contribution in [0, 0.1) is 11.8 Å². The Hall–Kier alpha value is -2.22. The molecule has 0 nitrogen and oxygen atoms in total. The van der Waals surface area contributed by atoms with Gasteiger partial charge in [0.25, 0.3) is 0 Å². The van der Waals surface area contributed by atoms with Crippen molar-refractivity contribution < 1.29 is 20.8 Å². The van der Waals surface area contributed by atoms with Crippen LogP contribution in [0.2, 0.25) is 13.1 Å². The van der Waals surface area contributed by atoms with Crippen molar-refractivity contribution in [2.75, 3.05) is 0 Å². The molecule has 294 valence electrons. The minimum absolute atomic E-state index is 0.208. The van der Waals surface area contributed by atoms with Crippen LogP contribution in [0.25, 0.3) is 43.8 Å². The number of halogens is 2. The molecule has 0 saturated heterocycles. The zero-order valence-corrected chi connectivity index (χ0v) is 40.3. The van der Waals surface area contributed by atoms with E-state index in [2.05, 4.69) is 164 Å². The van der Waals surface area contributed by atoms with Gasteiger partial charge in [-0.3, -0.25) is 0 Å². The summed E-state index contributed by atoms with van der Waals surface area (Å²) in [4.78, 5) is 0. The van der Waals surface area contributed by atoms with Gasteiger partial charge in [-0.15, -0.1) is 69.1 Å². The van der Waals surface area contributed by atoms with Gasteiger partial charge in [-0.25, -0.2) is 0 Å². The molecule has 0 amide bonds. The Labute approximate surface area is 361 Å². The SMILES string of the molecule is CC(C)(C)c1ccc(-c2cccc3[cH-]c(CC4CCCC4)cc23)cc1.CC(C)(C)c1ccc(-c2cccc3[cH-]c(CC4CCCC4)cc23)cc1.C[Si]C.[Cl][Zr+2][Cl]. The van der Waals surface area contributed by atoms with E-state index in [9.17, 15) is 0 Å². The molecule has 2 saturated carbocycles. The van der Waals surface area contributed by atoms with E-state index in [0.717, 1.165) is 21.4 Å². The third-order valence-electron chi connectivity index (χ3n) is 11.7. The second-order valence-corrected chi connectivity index (χ2v) is 23.0. The third kappa shape index (κ3) is 12.4. The summed E-state index contributed by atoms with van der Waals surface area (Å²) in [5.41, 5.74) is 11.7. The quantitative estimate of drug-likeness (QED) is 0.116. The van der Waals surface area contributed by atoms with Crippen molar-refractivity contribution in [3.63, 3.8) is 0 Å². The van der Waals surface area contributed by atoms with E-state index in [4.69, 9.17) is 17.0 Å². The molecule has 0 heterocycles. The van der Waals surface area contributed by atoms with Gasteiger partial charge in [-0.1, -0.05) is 178 Å². The maximum atomic E-state index is 4.93. The first-order valence-corrected chi connectivity index (χ1v) is 29.3. The molecule has 2 aliphatic rings. The minimum atomic E-state index is -0.826. The molecule has 0 N–H and O–H groups in total. The summed E-state index contributed by atoms with van der Waals surface area (Å²) in [6, 6.07) is 41.5. The van der Waals surface area contributed by atoms with Crippen molar-refractivity contribution in [2.45, 2.75) is 130 Å². The maximum absolute atomic E-state index is 4.93. The molecule has 4 heteroatoms. The number of benzene rings is 4. The molecule has 0 aromatic heterocycles. The fourth-order valence-electron chi connectivity index (χ4n) is 8.73. The van der Waals surface area contributed by atoms with E-state index < -0.39 is 20.8 Å². The van der Waals surface area contributed by atoms with Gasteiger partial charge in [0.15, 0.2) is 0 Å². The molecule has 2 aliphatic carbocycles. The van der Waals surface area contributed by atoms with Gasteiger partial charge in [0.05, 0.1) is 0 Å². The normalized spacial score (nSPS) is 14.8. The summed E-state index contributed by atoms with van der Waals surface area (Å²) >= 11 is -0.826. The molecule has 2 radical (unpaired) electrons. The predicted molar refractivity (Wildman–Crippen MR) is 248 cm³/mol. The summed E-state index contributed by atoms with van der Waals surface area (Å²) in [6.07, 6.45) is 13.9. The zero-order chi connectivity index (χ0) is 40.3. The van der Waals surface area contributed by atoms with Crippen LogP contribution < -0.4 is 0 Å². The molecule has 0 aliphatic heterocycles. The Morgan fingerprint density at radius 1 is 0.554 bits per heavy atom. The van der Waals surface area contributed by atoms with Crippen molar-refractivity contribution in [1.82, 2.24) is 0 Å². The first kappa shape index (κ1) is 44.9. The number of hydrogen-bond acceptors (Lipinski definition) is 0. The summed E-state index contributed by atoms with van der Waals surface area (Å²) in [7, 11) is 11.0. The average molecular weight is 879 g/mol. The molecule has 6 aromatic carbocycles. The molecular weight excluding hydrogens is 815 g/mol. The molecular formula is C52H64Cl2SiZr. The molecule has 0 unspecified atom stereocenters. The van der Waals surface area contributed by atoms with E-state index >= 15 is 0 Å². The van der Waals surface area contributed by atoms with E-state index in [0.29, 0.717) is 0 Å². The second kappa shape index (κ2) is 21.2. The predicted octanol–water partition coefficient (Wildman–Crippen LogP) is 16.7. The Morgan fingerprint density at radius 2 is 0.875 bits per heavy atom. The van der Waals surface area contributed by atoms with Crippen LogP contribution in [-0.2, 0) is 44.5 Å².